The number of hydrogen-bond acceptors (Lipinski definition) is 3. The first-order chi connectivity index (χ1) is 6.91. The van der Waals surface area contributed by atoms with Gasteiger partial charge in [0, 0.05) is 0 Å². The molecule has 0 bridgehead atoms. The van der Waals surface area contributed by atoms with Crippen LogP contribution in [-0.4, -0.2) is 27.4 Å². The van der Waals surface area contributed by atoms with E-state index >= 15 is 0 Å². The lowest BCUT2D eigenvalue weighted by Gasteiger charge is -2.07. The lowest BCUT2D eigenvalue weighted by Crippen LogP contribution is -2.07. The maximum absolute atomic E-state index is 13.1. The Kier molecular flexibility index (Phi) is 3.26. The van der Waals surface area contributed by atoms with Gasteiger partial charge in [-0.15, -0.1) is 0 Å². The average Bonchev–Trinajstić information content (AvgIpc) is 2.09. The van der Waals surface area contributed by atoms with Crippen molar-refractivity contribution in [2.45, 2.75) is 19.4 Å². The van der Waals surface area contributed by atoms with Gasteiger partial charge in [-0.05, 0) is 31.0 Å². The zero-order valence-corrected chi connectivity index (χ0v) is 8.07. The molecule has 0 saturated heterocycles. The van der Waals surface area contributed by atoms with E-state index in [1.807, 2.05) is 0 Å². The van der Waals surface area contributed by atoms with Gasteiger partial charge >= 0.3 is 5.97 Å². The highest BCUT2D eigenvalue weighted by atomic mass is 19.1. The average molecular weight is 214 g/mol. The van der Waals surface area contributed by atoms with Gasteiger partial charge in [-0.25, -0.2) is 9.18 Å². The standard InChI is InChI=1S/C10H11FO4/c1-5(12)2-6-3-7(10(14)15)9(13)8(11)4-6/h3-5,12-13H,2H2,1H3,(H,14,15). The molecule has 0 spiro atoms. The number of carbonyl (C=O) groups is 1. The number of carboxylic acid groups (broad SMARTS) is 1. The van der Waals surface area contributed by atoms with Crippen molar-refractivity contribution in [3.8, 4) is 5.75 Å². The van der Waals surface area contributed by atoms with Crippen LogP contribution in [0.15, 0.2) is 12.1 Å². The maximum atomic E-state index is 13.1. The molecule has 82 valence electrons. The highest BCUT2D eigenvalue weighted by Crippen LogP contribution is 2.23. The molecule has 5 heteroatoms. The predicted octanol–water partition coefficient (Wildman–Crippen LogP) is 1.15. The molecular formula is C10H11FO4. The summed E-state index contributed by atoms with van der Waals surface area (Å²) in [5.41, 5.74) is -0.164. The van der Waals surface area contributed by atoms with Crippen LogP contribution in [0.4, 0.5) is 4.39 Å². The molecule has 0 amide bonds. The van der Waals surface area contributed by atoms with Crippen molar-refractivity contribution in [3.05, 3.63) is 29.1 Å². The monoisotopic (exact) mass is 214 g/mol. The summed E-state index contributed by atoms with van der Waals surface area (Å²) in [7, 11) is 0. The van der Waals surface area contributed by atoms with E-state index in [-0.39, 0.29) is 6.42 Å². The van der Waals surface area contributed by atoms with Crippen LogP contribution in [0.1, 0.15) is 22.8 Å². The third-order valence-corrected chi connectivity index (χ3v) is 1.88. The normalized spacial score (nSPS) is 12.5. The number of benzene rings is 1. The van der Waals surface area contributed by atoms with Gasteiger partial charge in [0.15, 0.2) is 11.6 Å². The Hall–Kier alpha value is -1.62. The fourth-order valence-electron chi connectivity index (χ4n) is 1.28. The smallest absolute Gasteiger partial charge is 0.339 e. The van der Waals surface area contributed by atoms with E-state index < -0.39 is 29.2 Å². The van der Waals surface area contributed by atoms with Crippen LogP contribution in [-0.2, 0) is 6.42 Å². The number of aliphatic hydroxyl groups excluding tert-OH is 1. The Morgan fingerprint density at radius 3 is 2.60 bits per heavy atom. The van der Waals surface area contributed by atoms with Crippen LogP contribution >= 0.6 is 0 Å². The molecule has 0 heterocycles. The van der Waals surface area contributed by atoms with Gasteiger partial charge in [-0.2, -0.15) is 0 Å². The zero-order valence-electron chi connectivity index (χ0n) is 8.07. The molecule has 0 fully saturated rings. The maximum Gasteiger partial charge on any atom is 0.339 e. The van der Waals surface area contributed by atoms with Crippen molar-refractivity contribution in [3.63, 3.8) is 0 Å². The Morgan fingerprint density at radius 1 is 1.53 bits per heavy atom. The summed E-state index contributed by atoms with van der Waals surface area (Å²) in [6.45, 7) is 1.51. The van der Waals surface area contributed by atoms with E-state index in [4.69, 9.17) is 15.3 Å². The molecule has 1 rings (SSSR count). The summed E-state index contributed by atoms with van der Waals surface area (Å²) in [6, 6.07) is 2.15. The predicted molar refractivity (Wildman–Crippen MR) is 50.4 cm³/mol. The second-order valence-electron chi connectivity index (χ2n) is 3.33. The van der Waals surface area contributed by atoms with Crippen LogP contribution in [0.25, 0.3) is 0 Å². The van der Waals surface area contributed by atoms with E-state index in [1.165, 1.54) is 6.92 Å². The van der Waals surface area contributed by atoms with Crippen LogP contribution < -0.4 is 0 Å². The number of aliphatic hydroxyl groups is 1. The summed E-state index contributed by atoms with van der Waals surface area (Å²) in [5, 5.41) is 26.8. The zero-order chi connectivity index (χ0) is 11.6. The third kappa shape index (κ3) is 2.66. The highest BCUT2D eigenvalue weighted by Gasteiger charge is 2.16. The van der Waals surface area contributed by atoms with Crippen LogP contribution in [0.2, 0.25) is 0 Å². The van der Waals surface area contributed by atoms with E-state index in [0.29, 0.717) is 5.56 Å². The Balaban J connectivity index is 3.17. The molecule has 15 heavy (non-hydrogen) atoms. The fourth-order valence-corrected chi connectivity index (χ4v) is 1.28. The van der Waals surface area contributed by atoms with Gasteiger partial charge < -0.3 is 15.3 Å². The van der Waals surface area contributed by atoms with Gasteiger partial charge in [0.2, 0.25) is 0 Å². The van der Waals surface area contributed by atoms with Crippen molar-refractivity contribution in [1.29, 1.82) is 0 Å². The molecule has 1 atom stereocenters. The summed E-state index contributed by atoms with van der Waals surface area (Å²) < 4.78 is 13.1. The number of rotatable bonds is 3. The largest absolute Gasteiger partial charge is 0.504 e. The first-order valence-corrected chi connectivity index (χ1v) is 4.34. The van der Waals surface area contributed by atoms with Crippen molar-refractivity contribution in [1.82, 2.24) is 0 Å². The van der Waals surface area contributed by atoms with Crippen LogP contribution in [0.3, 0.4) is 0 Å². The second kappa shape index (κ2) is 4.27. The minimum Gasteiger partial charge on any atom is -0.504 e. The van der Waals surface area contributed by atoms with Crippen LogP contribution in [0.5, 0.6) is 5.75 Å². The first kappa shape index (κ1) is 11.5. The minimum absolute atomic E-state index is 0.136. The Morgan fingerprint density at radius 2 is 2.13 bits per heavy atom. The summed E-state index contributed by atoms with van der Waals surface area (Å²) in [4.78, 5) is 10.6. The van der Waals surface area contributed by atoms with Gasteiger partial charge in [-0.3, -0.25) is 0 Å². The van der Waals surface area contributed by atoms with E-state index in [0.717, 1.165) is 12.1 Å². The second-order valence-corrected chi connectivity index (χ2v) is 3.33. The Labute approximate surface area is 85.6 Å². The number of phenols is 1. The van der Waals surface area contributed by atoms with Gasteiger partial charge in [0.1, 0.15) is 5.56 Å². The highest BCUT2D eigenvalue weighted by molar-refractivity contribution is 5.91. The van der Waals surface area contributed by atoms with E-state index in [9.17, 15) is 9.18 Å². The number of halogens is 1. The fraction of sp³-hybridized carbons (Fsp3) is 0.300. The topological polar surface area (TPSA) is 77.8 Å². The van der Waals surface area contributed by atoms with E-state index in [1.54, 1.807) is 0 Å². The number of aromatic hydroxyl groups is 1. The van der Waals surface area contributed by atoms with Gasteiger partial charge in [-0.1, -0.05) is 0 Å². The molecule has 0 saturated carbocycles. The molecule has 0 aliphatic heterocycles. The van der Waals surface area contributed by atoms with Crippen molar-refractivity contribution < 1.29 is 24.5 Å². The number of carboxylic acids is 1. The quantitative estimate of drug-likeness (QED) is 0.705. The van der Waals surface area contributed by atoms with Crippen molar-refractivity contribution in [2.75, 3.05) is 0 Å². The van der Waals surface area contributed by atoms with Crippen LogP contribution in [0, 0.1) is 5.82 Å². The summed E-state index contributed by atoms with van der Waals surface area (Å²) >= 11 is 0. The lowest BCUT2D eigenvalue weighted by atomic mass is 10.0. The third-order valence-electron chi connectivity index (χ3n) is 1.88. The SMILES string of the molecule is CC(O)Cc1cc(F)c(O)c(C(=O)O)c1. The molecule has 3 N–H and O–H groups in total. The molecule has 1 aromatic carbocycles. The molecule has 0 aliphatic rings. The summed E-state index contributed by atoms with van der Waals surface area (Å²) in [6.07, 6.45) is -0.562. The van der Waals surface area contributed by atoms with E-state index in [2.05, 4.69) is 0 Å². The molecule has 1 aromatic rings. The molecule has 4 nitrogen and oxygen atoms in total. The number of hydrogen-bond donors (Lipinski definition) is 3. The van der Waals surface area contributed by atoms with Crippen molar-refractivity contribution in [2.24, 2.45) is 0 Å². The summed E-state index contributed by atoms with van der Waals surface area (Å²) in [5.74, 6) is -3.28. The minimum atomic E-state index is -1.40. The number of aromatic carboxylic acids is 1. The Bertz CT molecular complexity index is 387. The molecular weight excluding hydrogens is 203 g/mol. The first-order valence-electron chi connectivity index (χ1n) is 4.34. The molecule has 0 aliphatic carbocycles. The van der Waals surface area contributed by atoms with Gasteiger partial charge in [0.25, 0.3) is 0 Å². The molecule has 0 radical (unpaired) electrons. The molecule has 1 unspecified atom stereocenters. The van der Waals surface area contributed by atoms with Gasteiger partial charge in [0.05, 0.1) is 6.10 Å². The molecule has 0 aromatic heterocycles. The van der Waals surface area contributed by atoms with Crippen molar-refractivity contribution >= 4 is 5.97 Å². The lowest BCUT2D eigenvalue weighted by molar-refractivity contribution is 0.0692.